The molecule has 68 valence electrons. The predicted octanol–water partition coefficient (Wildman–Crippen LogP) is 3.80. The van der Waals surface area contributed by atoms with Crippen LogP contribution < -0.4 is 0 Å². The van der Waals surface area contributed by atoms with E-state index in [1.807, 2.05) is 0 Å². The second-order valence-corrected chi connectivity index (χ2v) is 3.50. The average molecular weight is 271 g/mol. The lowest BCUT2D eigenvalue weighted by Crippen LogP contribution is -1.94. The first-order valence-electron chi connectivity index (χ1n) is 2.28. The third kappa shape index (κ3) is 3.37. The molecule has 0 spiro atoms. The average Bonchev–Trinajstić information content (AvgIpc) is 2.00. The van der Waals surface area contributed by atoms with Gasteiger partial charge in [0.2, 0.25) is 0 Å². The van der Waals surface area contributed by atoms with E-state index < -0.39 is 15.1 Å². The van der Waals surface area contributed by atoms with Crippen molar-refractivity contribution in [2.45, 2.75) is 0 Å². The predicted molar refractivity (Wildman–Crippen MR) is 50.3 cm³/mol. The standard InChI is InChI=1S/C4Cl5NO2/c5-1(3(7)8)2(6)4(9)10(11)12/b4-2+. The van der Waals surface area contributed by atoms with Gasteiger partial charge in [0.15, 0.2) is 5.03 Å². The van der Waals surface area contributed by atoms with Crippen LogP contribution in [0.4, 0.5) is 0 Å². The molecule has 0 aromatic rings. The molecule has 0 aromatic heterocycles. The molecule has 0 aliphatic rings. The number of nitrogens with zero attached hydrogens (tertiary/aromatic N) is 1. The van der Waals surface area contributed by atoms with Gasteiger partial charge in [-0.25, -0.2) is 0 Å². The molecule has 0 aromatic carbocycles. The third-order valence-electron chi connectivity index (χ3n) is 0.700. The van der Waals surface area contributed by atoms with Gasteiger partial charge in [-0.2, -0.15) is 0 Å². The first-order valence-corrected chi connectivity index (χ1v) is 4.17. The van der Waals surface area contributed by atoms with Gasteiger partial charge in [-0.1, -0.05) is 46.4 Å². The highest BCUT2D eigenvalue weighted by Gasteiger charge is 2.18. The van der Waals surface area contributed by atoms with Crippen LogP contribution in [0.2, 0.25) is 0 Å². The molecule has 0 heterocycles. The summed E-state index contributed by atoms with van der Waals surface area (Å²) in [6, 6.07) is 0. The molecule has 12 heavy (non-hydrogen) atoms. The Morgan fingerprint density at radius 3 is 1.67 bits per heavy atom. The highest BCUT2D eigenvalue weighted by molar-refractivity contribution is 6.62. The normalized spacial score (nSPS) is 12.1. The minimum atomic E-state index is -0.914. The van der Waals surface area contributed by atoms with E-state index in [1.165, 1.54) is 0 Å². The Morgan fingerprint density at radius 2 is 1.42 bits per heavy atom. The Kier molecular flexibility index (Phi) is 5.29. The fraction of sp³-hybridized carbons (Fsp3) is 0. The van der Waals surface area contributed by atoms with Crippen molar-refractivity contribution in [3.05, 3.63) is 29.8 Å². The molecule has 0 saturated carbocycles. The van der Waals surface area contributed by atoms with Crippen molar-refractivity contribution in [1.29, 1.82) is 0 Å². The third-order valence-corrected chi connectivity index (χ3v) is 2.54. The molecule has 0 bridgehead atoms. The molecule has 0 rings (SSSR count). The van der Waals surface area contributed by atoms with E-state index in [0.29, 0.717) is 0 Å². The Morgan fingerprint density at radius 1 is 1.00 bits per heavy atom. The summed E-state index contributed by atoms with van der Waals surface area (Å²) in [5, 5.41) is 8.34. The molecule has 0 N–H and O–H groups in total. The number of hydrogen-bond donors (Lipinski definition) is 0. The van der Waals surface area contributed by atoms with Gasteiger partial charge in [-0.05, 0) is 11.6 Å². The first-order chi connectivity index (χ1) is 5.37. The maximum atomic E-state index is 10.0. The Labute approximate surface area is 92.6 Å². The molecule has 0 amide bonds. The monoisotopic (exact) mass is 269 g/mol. The zero-order valence-electron chi connectivity index (χ0n) is 5.15. The van der Waals surface area contributed by atoms with Crippen molar-refractivity contribution in [3.63, 3.8) is 0 Å². The molecule has 0 aliphatic heterocycles. The first kappa shape index (κ1) is 12.3. The zero-order chi connectivity index (χ0) is 9.89. The van der Waals surface area contributed by atoms with E-state index >= 15 is 0 Å². The Balaban J connectivity index is 5.06. The largest absolute Gasteiger partial charge is 0.357 e. The van der Waals surface area contributed by atoms with Crippen LogP contribution in [0.3, 0.4) is 0 Å². The molecule has 0 fully saturated rings. The molecule has 0 aliphatic carbocycles. The molecule has 0 radical (unpaired) electrons. The van der Waals surface area contributed by atoms with E-state index in [9.17, 15) is 10.1 Å². The van der Waals surface area contributed by atoms with Crippen molar-refractivity contribution in [2.75, 3.05) is 0 Å². The van der Waals surface area contributed by atoms with Crippen LogP contribution in [-0.4, -0.2) is 4.92 Å². The molecule has 0 saturated heterocycles. The van der Waals surface area contributed by atoms with Gasteiger partial charge in [0.1, 0.15) is 4.49 Å². The molecule has 8 heteroatoms. The van der Waals surface area contributed by atoms with Gasteiger partial charge in [-0.3, -0.25) is 10.1 Å². The molecule has 3 nitrogen and oxygen atoms in total. The lowest BCUT2D eigenvalue weighted by molar-refractivity contribution is -0.412. The van der Waals surface area contributed by atoms with E-state index in [1.54, 1.807) is 0 Å². The summed E-state index contributed by atoms with van der Waals surface area (Å²) in [7, 11) is 0. The molecular formula is C4Cl5NO2. The van der Waals surface area contributed by atoms with Gasteiger partial charge in [0.25, 0.3) is 0 Å². The van der Waals surface area contributed by atoms with Crippen molar-refractivity contribution in [3.8, 4) is 0 Å². The summed E-state index contributed by atoms with van der Waals surface area (Å²) in [5.41, 5.74) is 0. The molecule has 0 unspecified atom stereocenters. The zero-order valence-corrected chi connectivity index (χ0v) is 8.93. The summed E-state index contributed by atoms with van der Waals surface area (Å²) in [4.78, 5) is 9.12. The summed E-state index contributed by atoms with van der Waals surface area (Å²) < 4.78 is -0.387. The maximum absolute atomic E-state index is 10.0. The summed E-state index contributed by atoms with van der Waals surface area (Å²) in [6.45, 7) is 0. The Hall–Kier alpha value is 0.330. The van der Waals surface area contributed by atoms with Crippen LogP contribution in [0.5, 0.6) is 0 Å². The lowest BCUT2D eigenvalue weighted by atomic mass is 10.6. The number of allylic oxidation sites excluding steroid dienone is 2. The van der Waals surface area contributed by atoms with Gasteiger partial charge in [0.05, 0.1) is 9.96 Å². The number of rotatable bonds is 2. The van der Waals surface area contributed by atoms with E-state index in [-0.39, 0.29) is 9.52 Å². The quantitative estimate of drug-likeness (QED) is 0.332. The van der Waals surface area contributed by atoms with Crippen LogP contribution in [0.1, 0.15) is 0 Å². The summed E-state index contributed by atoms with van der Waals surface area (Å²) in [6.07, 6.45) is 0. The van der Waals surface area contributed by atoms with Crippen LogP contribution >= 0.6 is 58.0 Å². The molecular weight excluding hydrogens is 271 g/mol. The topological polar surface area (TPSA) is 43.1 Å². The minimum absolute atomic E-state index is 0.360. The van der Waals surface area contributed by atoms with Crippen molar-refractivity contribution in [1.82, 2.24) is 0 Å². The smallest absolute Gasteiger partial charge is 0.257 e. The highest BCUT2D eigenvalue weighted by atomic mass is 35.5. The second kappa shape index (κ2) is 5.14. The SMILES string of the molecule is O=[N+]([O-])/C(Cl)=C(/Cl)C(Cl)=C(Cl)Cl. The second-order valence-electron chi connectivity index (χ2n) is 1.44. The minimum Gasteiger partial charge on any atom is -0.257 e. The number of halogens is 5. The number of nitro groups is 1. The molecule has 0 atom stereocenters. The van der Waals surface area contributed by atoms with Crippen LogP contribution in [0.25, 0.3) is 0 Å². The van der Waals surface area contributed by atoms with Crippen molar-refractivity contribution >= 4 is 58.0 Å². The van der Waals surface area contributed by atoms with E-state index in [0.717, 1.165) is 0 Å². The van der Waals surface area contributed by atoms with Gasteiger partial charge in [0, 0.05) is 0 Å². The van der Waals surface area contributed by atoms with Crippen LogP contribution in [0.15, 0.2) is 19.7 Å². The lowest BCUT2D eigenvalue weighted by Gasteiger charge is -1.94. The van der Waals surface area contributed by atoms with Gasteiger partial charge in [-0.15, -0.1) is 0 Å². The van der Waals surface area contributed by atoms with E-state index in [4.69, 9.17) is 58.0 Å². The highest BCUT2D eigenvalue weighted by Crippen LogP contribution is 2.31. The fourth-order valence-electron chi connectivity index (χ4n) is 0.254. The number of hydrogen-bond acceptors (Lipinski definition) is 2. The van der Waals surface area contributed by atoms with Crippen molar-refractivity contribution in [2.24, 2.45) is 0 Å². The van der Waals surface area contributed by atoms with Crippen LogP contribution in [-0.2, 0) is 0 Å². The van der Waals surface area contributed by atoms with Gasteiger partial charge >= 0.3 is 5.16 Å². The fourth-order valence-corrected chi connectivity index (χ4v) is 0.935. The summed E-state index contributed by atoms with van der Waals surface area (Å²) in [5.74, 6) is 0. The van der Waals surface area contributed by atoms with Crippen LogP contribution in [0, 0.1) is 10.1 Å². The summed E-state index contributed by atoms with van der Waals surface area (Å²) >= 11 is 26.1. The Bertz CT molecular complexity index is 267. The van der Waals surface area contributed by atoms with Crippen molar-refractivity contribution < 1.29 is 4.92 Å². The van der Waals surface area contributed by atoms with E-state index in [2.05, 4.69) is 0 Å². The van der Waals surface area contributed by atoms with Gasteiger partial charge < -0.3 is 0 Å². The maximum Gasteiger partial charge on any atom is 0.357 e.